The van der Waals surface area contributed by atoms with Gasteiger partial charge in [-0.05, 0) is 31.4 Å². The summed E-state index contributed by atoms with van der Waals surface area (Å²) in [4.78, 5) is 42.7. The lowest BCUT2D eigenvalue weighted by molar-refractivity contribution is -0.306. The molecule has 4 aliphatic heterocycles. The van der Waals surface area contributed by atoms with Crippen LogP contribution in [0.25, 0.3) is 10.9 Å². The Bertz CT molecular complexity index is 2610. The highest BCUT2D eigenvalue weighted by molar-refractivity contribution is 5.93. The summed E-state index contributed by atoms with van der Waals surface area (Å²) in [6.07, 6.45) is -19.4. The fourth-order valence-electron chi connectivity index (χ4n) is 10.7. The van der Waals surface area contributed by atoms with Gasteiger partial charge in [-0.1, -0.05) is 5.21 Å². The SMILES string of the molecule is NC[C@@H]1O[C@H](O[C@H]2[C@@H](O)[C@H](O[C@@H]3[C@@H](O)[C@H](N)C[C@H](N)[C@H]3O[C@H]3O[C@H](CN)[C@@H](O)[C@H](O)[C@H]3N)O[C@@H]2C(=O)NCc2cn(CC(O)CN3CCN(c4cc5c(cc4F)c(=O)c(C(=O)O)cn5C4CC4)CC3)nn2)[C@H](N)[C@@H](O)[C@@H]1O. The number of carbonyl (C=O) groups excluding carboxylic acids is 1. The Morgan fingerprint density at radius 1 is 0.766 bits per heavy atom. The molecule has 6 fully saturated rings. The average molecular weight is 1100 g/mol. The quantitative estimate of drug-likeness (QED) is 0.0562. The van der Waals surface area contributed by atoms with Gasteiger partial charge in [-0.15, -0.1) is 5.10 Å². The Morgan fingerprint density at radius 3 is 1.97 bits per heavy atom. The van der Waals surface area contributed by atoms with Crippen LogP contribution in [0.2, 0.25) is 0 Å². The molecule has 6 heterocycles. The summed E-state index contributed by atoms with van der Waals surface area (Å²) in [5.41, 5.74) is 36.4. The van der Waals surface area contributed by atoms with Crippen LogP contribution in [0.1, 0.15) is 41.4 Å². The van der Waals surface area contributed by atoms with Crippen molar-refractivity contribution in [2.75, 3.05) is 50.7 Å². The van der Waals surface area contributed by atoms with Crippen molar-refractivity contribution in [3.63, 3.8) is 0 Å². The number of carbonyl (C=O) groups is 2. The van der Waals surface area contributed by atoms with E-state index in [1.165, 1.54) is 17.1 Å². The minimum Gasteiger partial charge on any atom is -0.477 e. The number of carboxylic acids is 1. The maximum Gasteiger partial charge on any atom is 0.341 e. The summed E-state index contributed by atoms with van der Waals surface area (Å²) in [5, 5.41) is 97.1. The number of hydrogen-bond acceptors (Lipinski definition) is 26. The fourth-order valence-corrected chi connectivity index (χ4v) is 10.7. The molecule has 2 aromatic heterocycles. The molecule has 0 bridgehead atoms. The van der Waals surface area contributed by atoms with Crippen LogP contribution in [0.5, 0.6) is 0 Å². The lowest BCUT2D eigenvalue weighted by Crippen LogP contribution is -2.68. The molecule has 1 unspecified atom stereocenters. The monoisotopic (exact) mass is 1100 g/mol. The third-order valence-corrected chi connectivity index (χ3v) is 15.2. The summed E-state index contributed by atoms with van der Waals surface area (Å²) in [6.45, 7) is 1.13. The van der Waals surface area contributed by atoms with E-state index in [4.69, 9.17) is 62.8 Å². The van der Waals surface area contributed by atoms with Crippen LogP contribution in [-0.4, -0.2) is 245 Å². The molecule has 6 aliphatic rings. The van der Waals surface area contributed by atoms with Gasteiger partial charge in [0.2, 0.25) is 5.43 Å². The van der Waals surface area contributed by atoms with Crippen molar-refractivity contribution in [2.45, 2.75) is 161 Å². The zero-order valence-corrected chi connectivity index (χ0v) is 41.7. The van der Waals surface area contributed by atoms with Gasteiger partial charge in [0.1, 0.15) is 78.1 Å². The lowest BCUT2D eigenvalue weighted by atomic mass is 9.84. The van der Waals surface area contributed by atoms with Gasteiger partial charge in [-0.2, -0.15) is 0 Å². The molecule has 20 atom stereocenters. The van der Waals surface area contributed by atoms with E-state index in [-0.39, 0.29) is 62.0 Å². The number of nitrogens with one attached hydrogen (secondary N) is 1. The molecule has 4 saturated heterocycles. The molecule has 9 rings (SSSR count). The van der Waals surface area contributed by atoms with E-state index in [9.17, 15) is 55.2 Å². The number of aliphatic hydroxyl groups excluding tert-OH is 7. The van der Waals surface area contributed by atoms with Crippen molar-refractivity contribution in [3.8, 4) is 0 Å². The molecule has 428 valence electrons. The number of carboxylic acid groups (broad SMARTS) is 1. The van der Waals surface area contributed by atoms with Crippen molar-refractivity contribution >= 4 is 28.5 Å². The Balaban J connectivity index is 0.832. The number of pyridine rings is 1. The summed E-state index contributed by atoms with van der Waals surface area (Å²) >= 11 is 0. The lowest BCUT2D eigenvalue weighted by Gasteiger charge is -2.47. The van der Waals surface area contributed by atoms with Gasteiger partial charge in [-0.25, -0.2) is 13.9 Å². The first-order valence-corrected chi connectivity index (χ1v) is 25.5. The van der Waals surface area contributed by atoms with Crippen molar-refractivity contribution in [1.29, 1.82) is 0 Å². The predicted octanol–water partition coefficient (Wildman–Crippen LogP) is -8.31. The minimum atomic E-state index is -1.89. The highest BCUT2D eigenvalue weighted by Crippen LogP contribution is 2.39. The van der Waals surface area contributed by atoms with Crippen molar-refractivity contribution in [1.82, 2.24) is 29.8 Å². The predicted molar refractivity (Wildman–Crippen MR) is 261 cm³/mol. The molecule has 31 heteroatoms. The molecule has 1 aromatic carbocycles. The fraction of sp³-hybridized carbons (Fsp3) is 0.717. The highest BCUT2D eigenvalue weighted by atomic mass is 19.1. The van der Waals surface area contributed by atoms with E-state index in [1.54, 1.807) is 10.6 Å². The number of piperazine rings is 1. The number of nitrogens with zero attached hydrogens (tertiary/aromatic N) is 6. The zero-order valence-electron chi connectivity index (χ0n) is 41.7. The number of β-amino-alcohol motifs (C(OH)–C–C–N with tert-alkyl or cyclic N) is 1. The number of halogens is 1. The molecule has 0 radical (unpaired) electrons. The van der Waals surface area contributed by atoms with Crippen molar-refractivity contribution in [3.05, 3.63) is 51.8 Å². The number of nitrogens with two attached hydrogens (primary N) is 6. The first kappa shape index (κ1) is 57.1. The molecular formula is C46H70FN13O17. The molecule has 77 heavy (non-hydrogen) atoms. The summed E-state index contributed by atoms with van der Waals surface area (Å²) < 4.78 is 54.6. The van der Waals surface area contributed by atoms with E-state index in [0.29, 0.717) is 31.7 Å². The number of ether oxygens (including phenoxy) is 6. The van der Waals surface area contributed by atoms with Crippen LogP contribution < -0.4 is 50.0 Å². The summed E-state index contributed by atoms with van der Waals surface area (Å²) in [6, 6.07) is -2.01. The second-order valence-corrected chi connectivity index (χ2v) is 20.7. The highest BCUT2D eigenvalue weighted by Gasteiger charge is 2.56. The second-order valence-electron chi connectivity index (χ2n) is 20.7. The average Bonchev–Trinajstić information content (AvgIpc) is 4.10. The molecule has 21 N–H and O–H groups in total. The molecular weight excluding hydrogens is 1030 g/mol. The molecule has 2 saturated carbocycles. The smallest absolute Gasteiger partial charge is 0.341 e. The van der Waals surface area contributed by atoms with Gasteiger partial charge >= 0.3 is 5.97 Å². The standard InChI is InChI=1S/C46H70FN13O17/c47-22-7-20-25(60(18-1-2-18)16-21(31(20)62)43(70)71)9-26(22)58-5-3-57(4-6-58)14-19(61)15-59-13-17(55-56-59)12-54-42(69)41-40(75-45-30(53)36(67)34(65)28(11-49)73-45)37(68)46(77-41)76-39-32(63)23(50)8-24(51)38(39)74-44-29(52)35(66)33(64)27(10-48)72-44/h7,9,13,16,18-19,23-24,27-30,32-41,44-46,61,63-68H,1-6,8,10-12,14-15,48-53H2,(H,54,69)(H,70,71)/t19?,23-,24+,27-,28+,29-,30-,32+,33-,34-,35-,36-,37-,38-,39-,40+,41+,44-,45-,46-/m1/s1. The number of fused-ring (bicyclic) bond motifs is 1. The number of hydrogen-bond donors (Lipinski definition) is 15. The maximum absolute atomic E-state index is 15.6. The Hall–Kier alpha value is -4.56. The van der Waals surface area contributed by atoms with Crippen LogP contribution in [0.4, 0.5) is 10.1 Å². The Morgan fingerprint density at radius 2 is 1.38 bits per heavy atom. The number of anilines is 1. The minimum absolute atomic E-state index is 0.00359. The van der Waals surface area contributed by atoms with E-state index in [0.717, 1.165) is 18.9 Å². The van der Waals surface area contributed by atoms with Gasteiger partial charge < -0.3 is 118 Å². The number of aromatic nitrogens is 4. The van der Waals surface area contributed by atoms with Crippen LogP contribution in [0, 0.1) is 5.82 Å². The first-order valence-electron chi connectivity index (χ1n) is 25.5. The van der Waals surface area contributed by atoms with Crippen LogP contribution in [0.15, 0.2) is 29.3 Å². The number of amides is 1. The van der Waals surface area contributed by atoms with E-state index in [1.807, 2.05) is 9.80 Å². The van der Waals surface area contributed by atoms with E-state index < -0.39 is 151 Å². The topological polar surface area (TPSA) is 479 Å². The van der Waals surface area contributed by atoms with Gasteiger partial charge in [0, 0.05) is 75.5 Å². The zero-order chi connectivity index (χ0) is 55.3. The van der Waals surface area contributed by atoms with E-state index >= 15 is 4.39 Å². The second kappa shape index (κ2) is 23.6. The molecule has 0 spiro atoms. The van der Waals surface area contributed by atoms with Crippen LogP contribution in [0.3, 0.4) is 0 Å². The molecule has 1 amide bonds. The van der Waals surface area contributed by atoms with Gasteiger partial charge in [0.25, 0.3) is 5.91 Å². The first-order chi connectivity index (χ1) is 36.7. The Labute approximate surface area is 438 Å². The number of rotatable bonds is 18. The van der Waals surface area contributed by atoms with Crippen LogP contribution >= 0.6 is 0 Å². The van der Waals surface area contributed by atoms with Crippen molar-refractivity contribution < 1.29 is 83.3 Å². The molecule has 30 nitrogen and oxygen atoms in total. The summed E-state index contributed by atoms with van der Waals surface area (Å²) in [7, 11) is 0. The summed E-state index contributed by atoms with van der Waals surface area (Å²) in [5.74, 6) is -2.92. The third-order valence-electron chi connectivity index (χ3n) is 15.2. The normalized spacial score (nSPS) is 37.5. The van der Waals surface area contributed by atoms with Gasteiger partial charge in [-0.3, -0.25) is 14.5 Å². The third kappa shape index (κ3) is 11.9. The number of aromatic carboxylic acids is 1. The van der Waals surface area contributed by atoms with Gasteiger partial charge in [0.05, 0.1) is 54.8 Å². The van der Waals surface area contributed by atoms with Crippen LogP contribution in [-0.2, 0) is 46.3 Å². The largest absolute Gasteiger partial charge is 0.477 e. The van der Waals surface area contributed by atoms with Gasteiger partial charge in [0.15, 0.2) is 25.0 Å². The molecule has 2 aliphatic carbocycles. The maximum atomic E-state index is 15.6. The van der Waals surface area contributed by atoms with E-state index in [2.05, 4.69) is 15.6 Å². The Kier molecular flexibility index (Phi) is 17.5. The molecule has 3 aromatic rings. The number of benzene rings is 1. The number of aliphatic hydroxyl groups is 7. The van der Waals surface area contributed by atoms with Crippen molar-refractivity contribution in [2.24, 2.45) is 34.4 Å².